The minimum Gasteiger partial charge on any atom is -0.444 e. The van der Waals surface area contributed by atoms with Crippen LogP contribution < -0.4 is 10.6 Å². The van der Waals surface area contributed by atoms with Crippen molar-refractivity contribution in [3.63, 3.8) is 0 Å². The van der Waals surface area contributed by atoms with Crippen molar-refractivity contribution in [1.82, 2.24) is 20.1 Å². The van der Waals surface area contributed by atoms with Crippen molar-refractivity contribution in [3.05, 3.63) is 69.3 Å². The van der Waals surface area contributed by atoms with Crippen LogP contribution in [0.25, 0.3) is 10.9 Å². The monoisotopic (exact) mass is 658 g/mol. The van der Waals surface area contributed by atoms with Crippen molar-refractivity contribution in [2.45, 2.75) is 77.5 Å². The van der Waals surface area contributed by atoms with Crippen LogP contribution in [-0.4, -0.2) is 58.7 Å². The van der Waals surface area contributed by atoms with Gasteiger partial charge in [-0.05, 0) is 75.9 Å². The Balaban J connectivity index is 1.51. The van der Waals surface area contributed by atoms with E-state index in [0.717, 1.165) is 39.5 Å². The lowest BCUT2D eigenvalue weighted by molar-refractivity contribution is -0.133. The molecule has 1 unspecified atom stereocenters. The van der Waals surface area contributed by atoms with E-state index in [2.05, 4.69) is 37.2 Å². The molecule has 10 heteroatoms. The van der Waals surface area contributed by atoms with E-state index in [1.165, 1.54) is 6.92 Å². The molecule has 0 aliphatic carbocycles. The van der Waals surface area contributed by atoms with E-state index in [4.69, 9.17) is 16.3 Å². The van der Waals surface area contributed by atoms with Gasteiger partial charge in [-0.3, -0.25) is 9.59 Å². The number of carbonyl (C=O) groups is 3. The van der Waals surface area contributed by atoms with Gasteiger partial charge >= 0.3 is 6.09 Å². The first-order valence-corrected chi connectivity index (χ1v) is 15.6. The molecule has 2 aromatic carbocycles. The zero-order valence-corrected chi connectivity index (χ0v) is 27.1. The van der Waals surface area contributed by atoms with Gasteiger partial charge in [0.2, 0.25) is 11.8 Å². The number of aromatic nitrogens is 1. The fraction of sp³-hybridized carbons (Fsp3) is 0.469. The molecule has 0 bridgehead atoms. The maximum atomic E-state index is 13.7. The first kappa shape index (κ1) is 31.9. The lowest BCUT2D eigenvalue weighted by Gasteiger charge is -2.34. The molecular formula is C32H40BrClN4O4. The van der Waals surface area contributed by atoms with Crippen molar-refractivity contribution in [2.75, 3.05) is 19.6 Å². The maximum absolute atomic E-state index is 13.7. The molecule has 3 aromatic rings. The van der Waals surface area contributed by atoms with E-state index < -0.39 is 17.7 Å². The standard InChI is InChI=1S/C32H40BrClN4O4/c1-21(39)35-14-16-38-28-9-5-8-27(34)26(28)19-29(38)23-7-6-15-37(20-23)30(40)18-25(36-31(41)42-32(2,3)4)17-22-10-12-24(33)13-11-22/h5,8-13,19,23,25H,6-7,14-18,20H2,1-4H3,(H,35,39)(H,36,41)/t23?,25-/m1/s1. The van der Waals surface area contributed by atoms with Crippen molar-refractivity contribution in [3.8, 4) is 0 Å². The quantitative estimate of drug-likeness (QED) is 0.277. The average molecular weight is 660 g/mol. The number of ether oxygens (including phenoxy) is 1. The van der Waals surface area contributed by atoms with Crippen LogP contribution in [0.4, 0.5) is 4.79 Å². The number of halogens is 2. The predicted molar refractivity (Wildman–Crippen MR) is 170 cm³/mol. The van der Waals surface area contributed by atoms with Gasteiger partial charge in [-0.15, -0.1) is 0 Å². The zero-order chi connectivity index (χ0) is 30.4. The molecule has 0 spiro atoms. The molecule has 1 fully saturated rings. The minimum absolute atomic E-state index is 0.00295. The van der Waals surface area contributed by atoms with Crippen LogP contribution in [0.5, 0.6) is 0 Å². The Kier molecular flexibility index (Phi) is 10.6. The van der Waals surface area contributed by atoms with Gasteiger partial charge in [0.25, 0.3) is 0 Å². The number of rotatable bonds is 9. The van der Waals surface area contributed by atoms with Gasteiger partial charge in [0.15, 0.2) is 0 Å². The summed E-state index contributed by atoms with van der Waals surface area (Å²) in [6.07, 6.45) is 1.95. The van der Waals surface area contributed by atoms with Crippen LogP contribution in [-0.2, 0) is 27.3 Å². The van der Waals surface area contributed by atoms with Crippen molar-refractivity contribution in [1.29, 1.82) is 0 Å². The van der Waals surface area contributed by atoms with Crippen LogP contribution in [0.3, 0.4) is 0 Å². The first-order valence-electron chi connectivity index (χ1n) is 14.4. The summed E-state index contributed by atoms with van der Waals surface area (Å²) in [5, 5.41) is 7.48. The van der Waals surface area contributed by atoms with Gasteiger partial charge in [0, 0.05) is 77.6 Å². The molecule has 1 aliphatic rings. The van der Waals surface area contributed by atoms with E-state index >= 15 is 0 Å². The fourth-order valence-corrected chi connectivity index (χ4v) is 6.03. The number of fused-ring (bicyclic) bond motifs is 1. The molecule has 226 valence electrons. The maximum Gasteiger partial charge on any atom is 0.407 e. The topological polar surface area (TPSA) is 92.7 Å². The molecule has 42 heavy (non-hydrogen) atoms. The predicted octanol–water partition coefficient (Wildman–Crippen LogP) is 6.43. The number of alkyl carbamates (subject to hydrolysis) is 1. The van der Waals surface area contributed by atoms with Gasteiger partial charge in [-0.25, -0.2) is 4.79 Å². The van der Waals surface area contributed by atoms with Crippen LogP contribution in [0.15, 0.2) is 53.0 Å². The fourth-order valence-electron chi connectivity index (χ4n) is 5.54. The van der Waals surface area contributed by atoms with Gasteiger partial charge in [-0.2, -0.15) is 0 Å². The first-order chi connectivity index (χ1) is 19.9. The number of piperidine rings is 1. The van der Waals surface area contributed by atoms with E-state index in [9.17, 15) is 14.4 Å². The molecule has 2 atom stereocenters. The SMILES string of the molecule is CC(=O)NCCn1c(C2CCCN(C(=O)C[C@@H](Cc3ccc(Br)cc3)NC(=O)OC(C)(C)C)C2)cc2c(Cl)cccc21. The van der Waals surface area contributed by atoms with Crippen molar-refractivity contribution in [2.24, 2.45) is 0 Å². The Morgan fingerprint density at radius 3 is 2.57 bits per heavy atom. The molecule has 2 heterocycles. The van der Waals surface area contributed by atoms with Crippen molar-refractivity contribution < 1.29 is 19.1 Å². The highest BCUT2D eigenvalue weighted by molar-refractivity contribution is 9.10. The van der Waals surface area contributed by atoms with Crippen molar-refractivity contribution >= 4 is 56.3 Å². The third-order valence-corrected chi connectivity index (χ3v) is 8.22. The number of carbonyl (C=O) groups excluding carboxylic acids is 3. The molecule has 8 nitrogen and oxygen atoms in total. The third kappa shape index (κ3) is 8.74. The number of nitrogens with zero attached hydrogens (tertiary/aromatic N) is 2. The summed E-state index contributed by atoms with van der Waals surface area (Å²) in [4.78, 5) is 39.8. The van der Waals surface area contributed by atoms with Crippen LogP contribution in [0, 0.1) is 0 Å². The summed E-state index contributed by atoms with van der Waals surface area (Å²) in [5.41, 5.74) is 2.50. The van der Waals surface area contributed by atoms with E-state index in [1.54, 1.807) is 0 Å². The second-order valence-electron chi connectivity index (χ2n) is 11.9. The molecule has 0 saturated carbocycles. The molecular weight excluding hydrogens is 620 g/mol. The van der Waals surface area contributed by atoms with Gasteiger partial charge in [0.05, 0.1) is 0 Å². The largest absolute Gasteiger partial charge is 0.444 e. The molecule has 2 N–H and O–H groups in total. The highest BCUT2D eigenvalue weighted by Crippen LogP contribution is 2.34. The summed E-state index contributed by atoms with van der Waals surface area (Å²) >= 11 is 10.0. The molecule has 1 saturated heterocycles. The Morgan fingerprint density at radius 1 is 1.14 bits per heavy atom. The number of benzene rings is 2. The Labute approximate surface area is 261 Å². The van der Waals surface area contributed by atoms with Gasteiger partial charge < -0.3 is 24.8 Å². The van der Waals surface area contributed by atoms with Gasteiger partial charge in [0.1, 0.15) is 5.60 Å². The summed E-state index contributed by atoms with van der Waals surface area (Å²) in [7, 11) is 0. The summed E-state index contributed by atoms with van der Waals surface area (Å²) < 4.78 is 8.69. The van der Waals surface area contributed by atoms with E-state index in [-0.39, 0.29) is 24.2 Å². The highest BCUT2D eigenvalue weighted by Gasteiger charge is 2.30. The molecule has 3 amide bonds. The molecule has 0 radical (unpaired) electrons. The Hall–Kier alpha value is -3.04. The van der Waals surface area contributed by atoms with Crippen LogP contribution in [0.2, 0.25) is 5.02 Å². The third-order valence-electron chi connectivity index (χ3n) is 7.36. The van der Waals surface area contributed by atoms with Gasteiger partial charge in [-0.1, -0.05) is 45.7 Å². The molecule has 1 aliphatic heterocycles. The Bertz CT molecular complexity index is 1420. The van der Waals surface area contributed by atoms with Crippen LogP contribution in [0.1, 0.15) is 64.1 Å². The second-order valence-corrected chi connectivity index (χ2v) is 13.3. The molecule has 1 aromatic heterocycles. The number of likely N-dealkylation sites (tertiary alicyclic amines) is 1. The summed E-state index contributed by atoms with van der Waals surface area (Å²) in [5.74, 6) is 0.0437. The normalized spacial score (nSPS) is 16.2. The average Bonchev–Trinajstić information content (AvgIpc) is 3.28. The van der Waals surface area contributed by atoms with E-state index in [0.29, 0.717) is 37.6 Å². The smallest absolute Gasteiger partial charge is 0.407 e. The lowest BCUT2D eigenvalue weighted by atomic mass is 9.93. The number of amides is 3. The number of hydrogen-bond acceptors (Lipinski definition) is 4. The zero-order valence-electron chi connectivity index (χ0n) is 24.7. The summed E-state index contributed by atoms with van der Waals surface area (Å²) in [6, 6.07) is 15.4. The van der Waals surface area contributed by atoms with Crippen LogP contribution >= 0.6 is 27.5 Å². The van der Waals surface area contributed by atoms with E-state index in [1.807, 2.05) is 68.1 Å². The Morgan fingerprint density at radius 2 is 1.88 bits per heavy atom. The highest BCUT2D eigenvalue weighted by atomic mass is 79.9. The number of nitrogens with one attached hydrogen (secondary N) is 2. The lowest BCUT2D eigenvalue weighted by Crippen LogP contribution is -2.46. The number of hydrogen-bond donors (Lipinski definition) is 2. The minimum atomic E-state index is -0.641. The molecule has 4 rings (SSSR count). The second kappa shape index (κ2) is 14.0. The summed E-state index contributed by atoms with van der Waals surface area (Å²) in [6.45, 7) is 9.32.